The number of rotatable bonds is 48. The van der Waals surface area contributed by atoms with Crippen LogP contribution in [0.1, 0.15) is 208 Å². The van der Waals surface area contributed by atoms with Crippen molar-refractivity contribution in [2.45, 2.75) is 257 Å². The summed E-state index contributed by atoms with van der Waals surface area (Å²) in [6, 6.07) is 12.1. The molecule has 4 aromatic rings. The van der Waals surface area contributed by atoms with Gasteiger partial charge in [0, 0.05) is 38.0 Å². The van der Waals surface area contributed by atoms with E-state index in [9.17, 15) is 77.0 Å². The van der Waals surface area contributed by atoms with E-state index in [0.717, 1.165) is 22.3 Å². The first kappa shape index (κ1) is 100. The predicted octanol–water partition coefficient (Wildman–Crippen LogP) is 4.12. The zero-order chi connectivity index (χ0) is 91.1. The molecule has 0 fully saturated rings. The third kappa shape index (κ3) is 34.1. The molecule has 0 spiro atoms. The topological polar surface area (TPSA) is 547 Å². The lowest BCUT2D eigenvalue weighted by atomic mass is 9.97. The molecule has 1 aliphatic carbocycles. The van der Waals surface area contributed by atoms with Gasteiger partial charge in [0.2, 0.25) is 70.9 Å². The summed E-state index contributed by atoms with van der Waals surface area (Å²) in [5, 5.41) is 35.9. The summed E-state index contributed by atoms with van der Waals surface area (Å²) in [4.78, 5) is 222. The van der Waals surface area contributed by atoms with E-state index < -0.39 is 261 Å². The Bertz CT molecular complexity index is 4230. The lowest BCUT2D eigenvalue weighted by Crippen LogP contribution is -2.62. The summed E-state index contributed by atoms with van der Waals surface area (Å²) in [6.07, 6.45) is -7.10. The molecule has 1 aliphatic rings. The number of primary amides is 3. The summed E-state index contributed by atoms with van der Waals surface area (Å²) >= 11 is 0. The van der Waals surface area contributed by atoms with E-state index in [2.05, 4.69) is 53.2 Å². The maximum atomic E-state index is 15.0. The largest absolute Gasteiger partial charge is 0.497 e. The number of amides is 13. The Morgan fingerprint density at radius 1 is 0.418 bits per heavy atom. The molecular weight excluding hydrogens is 1580 g/mol. The van der Waals surface area contributed by atoms with Crippen molar-refractivity contribution in [1.29, 1.82) is 0 Å². The normalized spacial score (nSPS) is 14.3. The van der Waals surface area contributed by atoms with Crippen LogP contribution in [0.25, 0.3) is 11.1 Å². The molecular formula is C86H121N13O23. The third-order valence-electron chi connectivity index (χ3n) is 19.3. The average molecular weight is 1700 g/mol. The highest BCUT2D eigenvalue weighted by atomic mass is 16.6. The SMILES string of the molecule is CC[C@H](C)[C@H](NC(=O)[C@H](COC(C)(C)C)NC(=O)[C@H](CCC(N)=O)NC(=O)[C@H](CCC(N)=O)NC(=O)OCC1c2ccccc2-c2ccccc21)C(=O)N[C@@H](CCC(=O)OC(C)(C)C)C(=O)N[C@@H](CCC(N)=O)C(=O)N[C@@H](CC(C)C)C(=O)N[C@@H](CCC(=O)OC(C)(C)C)C(=O)N[C@@H](CC(=O)NC(c1ccc(OC)cc1)c1ccc(OC)cc1)C(=O)O. The number of esters is 2. The maximum Gasteiger partial charge on any atom is 0.407 e. The van der Waals surface area contributed by atoms with Gasteiger partial charge in [-0.15, -0.1) is 0 Å². The zero-order valence-corrected chi connectivity index (χ0v) is 72.0. The number of benzene rings is 4. The first-order valence-corrected chi connectivity index (χ1v) is 40.5. The third-order valence-corrected chi connectivity index (χ3v) is 19.3. The number of carbonyl (C=O) groups is 16. The zero-order valence-electron chi connectivity index (χ0n) is 72.0. The quantitative estimate of drug-likeness (QED) is 0.0218. The van der Waals surface area contributed by atoms with Crippen molar-refractivity contribution < 1.29 is 110 Å². The van der Waals surface area contributed by atoms with E-state index in [0.29, 0.717) is 22.6 Å². The molecule has 0 radical (unpaired) electrons. The van der Waals surface area contributed by atoms with Crippen LogP contribution in [0, 0.1) is 11.8 Å². The Kier molecular flexibility index (Phi) is 38.7. The summed E-state index contributed by atoms with van der Waals surface area (Å²) in [5.74, 6) is -16.4. The number of hydrogen-bond acceptors (Lipinski definition) is 22. The molecule has 36 heteroatoms. The predicted molar refractivity (Wildman–Crippen MR) is 446 cm³/mol. The summed E-state index contributed by atoms with van der Waals surface area (Å²) in [6.45, 7) is 20.2. The highest BCUT2D eigenvalue weighted by Crippen LogP contribution is 2.44. The van der Waals surface area contributed by atoms with E-state index in [1.807, 2.05) is 48.5 Å². The van der Waals surface area contributed by atoms with Crippen LogP contribution in [-0.2, 0) is 90.9 Å². The van der Waals surface area contributed by atoms with E-state index in [-0.39, 0.29) is 25.4 Å². The van der Waals surface area contributed by atoms with Crippen molar-refractivity contribution in [1.82, 2.24) is 53.2 Å². The van der Waals surface area contributed by atoms with Gasteiger partial charge in [-0.3, -0.25) is 67.1 Å². The number of fused-ring (bicyclic) bond motifs is 3. The second kappa shape index (κ2) is 47.1. The van der Waals surface area contributed by atoms with Gasteiger partial charge in [-0.1, -0.05) is 107 Å². The van der Waals surface area contributed by atoms with Crippen molar-refractivity contribution >= 4 is 94.9 Å². The van der Waals surface area contributed by atoms with Gasteiger partial charge in [-0.2, -0.15) is 0 Å². The minimum Gasteiger partial charge on any atom is -0.497 e. The first-order chi connectivity index (χ1) is 57.2. The fourth-order valence-corrected chi connectivity index (χ4v) is 12.9. The first-order valence-electron chi connectivity index (χ1n) is 40.5. The number of carbonyl (C=O) groups excluding carboxylic acids is 15. The van der Waals surface area contributed by atoms with Crippen LogP contribution >= 0.6 is 0 Å². The molecule has 0 bridgehead atoms. The Balaban J connectivity index is 1.42. The van der Waals surface area contributed by atoms with Gasteiger partial charge in [0.1, 0.15) is 83.7 Å². The Labute approximate surface area is 710 Å². The molecule has 0 aromatic heterocycles. The number of alkyl carbamates (subject to hydrolysis) is 1. The number of hydrogen-bond donors (Lipinski definition) is 14. The van der Waals surface area contributed by atoms with Gasteiger partial charge in [-0.25, -0.2) is 9.59 Å². The van der Waals surface area contributed by atoms with Gasteiger partial charge >= 0.3 is 24.0 Å². The average Bonchev–Trinajstić information content (AvgIpc) is 1.61. The highest BCUT2D eigenvalue weighted by molar-refractivity contribution is 5.99. The Hall–Kier alpha value is -12.2. The molecule has 4 aromatic carbocycles. The van der Waals surface area contributed by atoms with Crippen LogP contribution in [-0.4, -0.2) is 199 Å². The summed E-state index contributed by atoms with van der Waals surface area (Å²) < 4.78 is 33.3. The fraction of sp³-hybridized carbons (Fsp3) is 0.535. The molecule has 0 heterocycles. The lowest BCUT2D eigenvalue weighted by molar-refractivity contribution is -0.156. The maximum absolute atomic E-state index is 15.0. The van der Waals surface area contributed by atoms with E-state index >= 15 is 4.79 Å². The Morgan fingerprint density at radius 2 is 0.770 bits per heavy atom. The van der Waals surface area contributed by atoms with Gasteiger partial charge < -0.3 is 104 Å². The van der Waals surface area contributed by atoms with Crippen LogP contribution in [0.4, 0.5) is 4.79 Å². The van der Waals surface area contributed by atoms with Crippen molar-refractivity contribution in [2.24, 2.45) is 29.0 Å². The van der Waals surface area contributed by atoms with Crippen molar-refractivity contribution in [2.75, 3.05) is 27.4 Å². The molecule has 17 N–H and O–H groups in total. The van der Waals surface area contributed by atoms with Crippen LogP contribution in [0.3, 0.4) is 0 Å². The van der Waals surface area contributed by atoms with Crippen molar-refractivity contribution in [3.63, 3.8) is 0 Å². The molecule has 36 nitrogen and oxygen atoms in total. The van der Waals surface area contributed by atoms with Crippen molar-refractivity contribution in [3.05, 3.63) is 119 Å². The second-order valence-corrected chi connectivity index (χ2v) is 33.2. The van der Waals surface area contributed by atoms with Gasteiger partial charge in [0.05, 0.1) is 38.9 Å². The minimum atomic E-state index is -1.95. The number of aliphatic carboxylic acids is 1. The van der Waals surface area contributed by atoms with Gasteiger partial charge in [0.15, 0.2) is 0 Å². The number of ether oxygens (including phenoxy) is 6. The molecule has 122 heavy (non-hydrogen) atoms. The summed E-state index contributed by atoms with van der Waals surface area (Å²) in [5.41, 5.74) is 18.4. The van der Waals surface area contributed by atoms with Crippen LogP contribution < -0.4 is 79.8 Å². The summed E-state index contributed by atoms with van der Waals surface area (Å²) in [7, 11) is 2.95. The number of methoxy groups -OCH3 is 2. The van der Waals surface area contributed by atoms with Crippen LogP contribution in [0.5, 0.6) is 11.5 Å². The fourth-order valence-electron chi connectivity index (χ4n) is 12.9. The smallest absolute Gasteiger partial charge is 0.407 e. The molecule has 0 saturated heterocycles. The molecule has 13 amide bonds. The number of carboxylic acid groups (broad SMARTS) is 1. The van der Waals surface area contributed by atoms with E-state index in [4.69, 9.17) is 45.6 Å². The van der Waals surface area contributed by atoms with E-state index in [1.54, 1.807) is 139 Å². The molecule has 5 rings (SSSR count). The lowest BCUT2D eigenvalue weighted by Gasteiger charge is -2.31. The highest BCUT2D eigenvalue weighted by Gasteiger charge is 2.40. The van der Waals surface area contributed by atoms with Crippen molar-refractivity contribution in [3.8, 4) is 22.6 Å². The second-order valence-electron chi connectivity index (χ2n) is 33.2. The molecule has 0 aliphatic heterocycles. The number of nitrogens with one attached hydrogen (secondary N) is 10. The van der Waals surface area contributed by atoms with E-state index in [1.165, 1.54) is 14.2 Å². The van der Waals surface area contributed by atoms with Crippen LogP contribution in [0.2, 0.25) is 0 Å². The van der Waals surface area contributed by atoms with Gasteiger partial charge in [-0.05, 0) is 170 Å². The van der Waals surface area contributed by atoms with Crippen LogP contribution in [0.15, 0.2) is 97.1 Å². The monoisotopic (exact) mass is 1700 g/mol. The molecule has 0 saturated carbocycles. The number of carboxylic acids is 1. The Morgan fingerprint density at radius 3 is 1.14 bits per heavy atom. The molecule has 10 atom stereocenters. The molecule has 668 valence electrons. The minimum absolute atomic E-state index is 0.155. The number of nitrogens with two attached hydrogens (primary N) is 3. The van der Waals surface area contributed by atoms with Gasteiger partial charge in [0.25, 0.3) is 0 Å². The standard InChI is InChI=1S/C86H121N13O23/c1-16-48(4)72(99-80(112)65(46-120-84(5,6)7)96-77(109)59(34-39-67(88)101)91-78(110)62(35-40-68(89)102)97-83(116)119-45-57-55-23-19-17-21-53(55)54-22-18-20-24-56(54)57)81(113)93-61(37-42-71(105)122-86(11,12)13)74(106)90-58(33-38-66(87)100)75(107)94-63(43-47(2)3)79(111)92-60(36-41-70(104)121-85(8,9)10)76(108)95-64(82(114)115)44-69(103)98-73(49-25-29-51(117-14)30-26-49)50-27-31-52(118-15)32-28-50/h17-32,47-48,57-65,72-73H,16,33-46H2,1-15H3,(H2,87,100)(H2,88,101)(H2,89,102)(H,90,106)(H,91,110)(H,92,111)(H,93,113)(H,94,107)(H,95,108)(H,96,109)(H,97,116)(H,98,103)(H,99,112)(H,114,115)/t48-,58-,59-,60-,61-,62-,63-,64-,65-,72-/m0/s1. The molecule has 0 unspecified atom stereocenters.